The van der Waals surface area contributed by atoms with Crippen molar-refractivity contribution < 1.29 is 47.7 Å². The molecule has 0 spiro atoms. The summed E-state index contributed by atoms with van der Waals surface area (Å²) in [4.78, 5) is 54.8. The van der Waals surface area contributed by atoms with Crippen molar-refractivity contribution >= 4 is 29.8 Å². The molecule has 5 aliphatic rings. The Morgan fingerprint density at radius 3 is 0.833 bits per heavy atom. The predicted octanol–water partition coefficient (Wildman–Crippen LogP) is 20.3. The Morgan fingerprint density at radius 1 is 0.308 bits per heavy atom. The van der Waals surface area contributed by atoms with Gasteiger partial charge in [0.1, 0.15) is 29.5 Å². The molecule has 5 heterocycles. The van der Waals surface area contributed by atoms with Crippen molar-refractivity contribution in [2.24, 2.45) is 0 Å². The molecule has 0 aromatic heterocycles. The van der Waals surface area contributed by atoms with E-state index in [-0.39, 0.29) is 59.4 Å². The fourth-order valence-corrected chi connectivity index (χ4v) is 11.3. The molecule has 0 radical (unpaired) electrons. The second-order valence-electron chi connectivity index (χ2n) is 24.6. The third kappa shape index (κ3) is 43.1. The predicted molar refractivity (Wildman–Crippen MR) is 322 cm³/mol. The first-order valence-corrected chi connectivity index (χ1v) is 33.8. The van der Waals surface area contributed by atoms with Crippen LogP contribution < -0.4 is 0 Å². The summed E-state index contributed by atoms with van der Waals surface area (Å²) in [6.45, 7) is 15.3. The molecule has 0 N–H and O–H groups in total. The Kier molecular flexibility index (Phi) is 47.1. The van der Waals surface area contributed by atoms with Gasteiger partial charge in [-0.2, -0.15) is 0 Å². The van der Waals surface area contributed by atoms with Crippen molar-refractivity contribution in [3.8, 4) is 0 Å². The van der Waals surface area contributed by atoms with Gasteiger partial charge in [0, 0.05) is 32.1 Å². The normalized spacial score (nSPS) is 22.3. The maximum Gasteiger partial charge on any atom is 0.306 e. The van der Waals surface area contributed by atoms with Gasteiger partial charge in [-0.15, -0.1) is 0 Å². The number of unbranched alkanes of at least 4 members (excludes halogenated alkanes) is 30. The SMILES string of the molecule is CCCCCCC1(C)CCC(=O)O1.CCCCCCCCCC1(C)CCC(=O)O1.CCCCCCCCCC1CCCC(=O)O1.CCCCCCCCCCC1CCC(=O)O1.CCCCCCCCCCCC1CCC(=O)O1. The van der Waals surface area contributed by atoms with Crippen molar-refractivity contribution in [2.45, 2.75) is 405 Å². The lowest BCUT2D eigenvalue weighted by molar-refractivity contribution is -0.154. The molecule has 78 heavy (non-hydrogen) atoms. The molecular formula is C68H126O10. The number of ether oxygens (including phenoxy) is 5. The number of esters is 5. The van der Waals surface area contributed by atoms with Gasteiger partial charge in [-0.1, -0.05) is 227 Å². The van der Waals surface area contributed by atoms with E-state index in [0.29, 0.717) is 32.1 Å². The molecule has 5 fully saturated rings. The van der Waals surface area contributed by atoms with Crippen LogP contribution >= 0.6 is 0 Å². The van der Waals surface area contributed by atoms with Crippen LogP contribution in [0.1, 0.15) is 376 Å². The Balaban J connectivity index is 0.000000489. The molecule has 5 unspecified atom stereocenters. The van der Waals surface area contributed by atoms with Crippen LogP contribution in [0.2, 0.25) is 0 Å². The quantitative estimate of drug-likeness (QED) is 0.0332. The lowest BCUT2D eigenvalue weighted by Crippen LogP contribution is -2.23. The molecule has 10 heteroatoms. The summed E-state index contributed by atoms with van der Waals surface area (Å²) >= 11 is 0. The molecule has 0 bridgehead atoms. The third-order valence-electron chi connectivity index (χ3n) is 16.6. The van der Waals surface area contributed by atoms with Crippen molar-refractivity contribution in [3.05, 3.63) is 0 Å². The Hall–Kier alpha value is -2.65. The number of hydrogen-bond acceptors (Lipinski definition) is 10. The van der Waals surface area contributed by atoms with E-state index in [1.165, 1.54) is 225 Å². The second-order valence-corrected chi connectivity index (χ2v) is 24.6. The summed E-state index contributed by atoms with van der Waals surface area (Å²) in [6, 6.07) is 0. The average molecular weight is 1100 g/mol. The molecular weight excluding hydrogens is 977 g/mol. The van der Waals surface area contributed by atoms with Gasteiger partial charge in [-0.05, 0) is 117 Å². The summed E-state index contributed by atoms with van der Waals surface area (Å²) in [5.41, 5.74) is -0.272. The molecule has 0 aromatic rings. The van der Waals surface area contributed by atoms with Crippen molar-refractivity contribution in [2.75, 3.05) is 0 Å². The zero-order valence-electron chi connectivity index (χ0n) is 52.4. The van der Waals surface area contributed by atoms with Crippen LogP contribution in [0.25, 0.3) is 0 Å². The number of cyclic esters (lactones) is 5. The third-order valence-corrected chi connectivity index (χ3v) is 16.6. The number of hydrogen-bond donors (Lipinski definition) is 0. The van der Waals surface area contributed by atoms with Gasteiger partial charge in [0.05, 0.1) is 0 Å². The highest BCUT2D eigenvalue weighted by Gasteiger charge is 2.36. The molecule has 0 saturated carbocycles. The highest BCUT2D eigenvalue weighted by Crippen LogP contribution is 2.33. The van der Waals surface area contributed by atoms with Crippen LogP contribution in [-0.2, 0) is 47.7 Å². The van der Waals surface area contributed by atoms with Gasteiger partial charge in [-0.3, -0.25) is 24.0 Å². The Labute approximate surface area is 481 Å². The zero-order chi connectivity index (χ0) is 57.2. The van der Waals surface area contributed by atoms with Gasteiger partial charge in [0.15, 0.2) is 0 Å². The molecule has 5 saturated heterocycles. The average Bonchev–Trinajstić information content (AvgIpc) is 4.22. The molecule has 10 nitrogen and oxygen atoms in total. The number of rotatable bonds is 40. The van der Waals surface area contributed by atoms with Gasteiger partial charge in [0.25, 0.3) is 0 Å². The van der Waals surface area contributed by atoms with E-state index in [0.717, 1.165) is 70.6 Å². The van der Waals surface area contributed by atoms with E-state index in [4.69, 9.17) is 23.7 Å². The maximum atomic E-state index is 11.1. The minimum atomic E-state index is -0.138. The first-order valence-electron chi connectivity index (χ1n) is 33.8. The van der Waals surface area contributed by atoms with E-state index in [2.05, 4.69) is 48.5 Å². The van der Waals surface area contributed by atoms with Gasteiger partial charge < -0.3 is 23.7 Å². The smallest absolute Gasteiger partial charge is 0.306 e. The van der Waals surface area contributed by atoms with Crippen LogP contribution in [0.3, 0.4) is 0 Å². The molecule has 0 amide bonds. The van der Waals surface area contributed by atoms with Crippen LogP contribution in [0.4, 0.5) is 0 Å². The fourth-order valence-electron chi connectivity index (χ4n) is 11.3. The molecule has 0 aromatic carbocycles. The number of carbonyl (C=O) groups is 5. The maximum absolute atomic E-state index is 11.1. The first kappa shape index (κ1) is 73.4. The van der Waals surface area contributed by atoms with Gasteiger partial charge in [-0.25, -0.2) is 0 Å². The topological polar surface area (TPSA) is 132 Å². The van der Waals surface area contributed by atoms with E-state index in [1.807, 2.05) is 0 Å². The van der Waals surface area contributed by atoms with E-state index in [9.17, 15) is 24.0 Å². The van der Waals surface area contributed by atoms with Crippen molar-refractivity contribution in [3.63, 3.8) is 0 Å². The zero-order valence-corrected chi connectivity index (χ0v) is 52.4. The summed E-state index contributed by atoms with van der Waals surface area (Å²) < 4.78 is 26.3. The molecule has 5 atom stereocenters. The first-order chi connectivity index (χ1) is 37.8. The highest BCUT2D eigenvalue weighted by atomic mass is 16.6. The molecule has 5 rings (SSSR count). The van der Waals surface area contributed by atoms with Gasteiger partial charge >= 0.3 is 29.8 Å². The Morgan fingerprint density at radius 2 is 0.564 bits per heavy atom. The lowest BCUT2D eigenvalue weighted by Gasteiger charge is -2.22. The Bertz CT molecular complexity index is 1460. The lowest BCUT2D eigenvalue weighted by atomic mass is 9.95. The van der Waals surface area contributed by atoms with Crippen LogP contribution in [-0.4, -0.2) is 59.4 Å². The van der Waals surface area contributed by atoms with Crippen LogP contribution in [0.5, 0.6) is 0 Å². The molecule has 5 aliphatic heterocycles. The second kappa shape index (κ2) is 50.1. The van der Waals surface area contributed by atoms with E-state index >= 15 is 0 Å². The minimum absolute atomic E-state index is 0.00423. The summed E-state index contributed by atoms with van der Waals surface area (Å²) in [7, 11) is 0. The largest absolute Gasteiger partial charge is 0.462 e. The van der Waals surface area contributed by atoms with E-state index in [1.54, 1.807) is 0 Å². The number of carbonyl (C=O) groups excluding carboxylic acids is 5. The van der Waals surface area contributed by atoms with E-state index < -0.39 is 0 Å². The standard InChI is InChI=1S/C15H28O2.3C14H26O2.C11H20O2/c1-2-3-4-5-6-7-8-9-10-11-14-12-13-15(16)17-14;1-3-4-5-6-7-8-9-11-14(2)12-10-13(15)16-14;1-2-3-4-5-6-7-8-10-13-11-9-12-14(15)16-13;1-2-3-4-5-6-7-8-9-10-13-11-12-14(15)16-13;1-3-4-5-6-8-11(2)9-7-10(12)13-11/h14H,2-13H2,1H3;3-12H2,1-2H3;2*13H,2-12H2,1H3;3-9H2,1-2H3. The van der Waals surface area contributed by atoms with Crippen molar-refractivity contribution in [1.29, 1.82) is 0 Å². The molecule has 458 valence electrons. The summed E-state index contributed by atoms with van der Waals surface area (Å²) in [5, 5.41) is 0. The fraction of sp³-hybridized carbons (Fsp3) is 0.926. The molecule has 0 aliphatic carbocycles. The van der Waals surface area contributed by atoms with Crippen LogP contribution in [0.15, 0.2) is 0 Å². The summed E-state index contributed by atoms with van der Waals surface area (Å²) in [5.74, 6) is -0.00174. The van der Waals surface area contributed by atoms with Gasteiger partial charge in [0.2, 0.25) is 0 Å². The van der Waals surface area contributed by atoms with Crippen LogP contribution in [0, 0.1) is 0 Å². The minimum Gasteiger partial charge on any atom is -0.462 e. The van der Waals surface area contributed by atoms with Crippen molar-refractivity contribution in [1.82, 2.24) is 0 Å². The highest BCUT2D eigenvalue weighted by molar-refractivity contribution is 5.73. The summed E-state index contributed by atoms with van der Waals surface area (Å²) in [6.07, 6.45) is 61.7. The monoisotopic (exact) mass is 1100 g/mol.